The second kappa shape index (κ2) is 8.79. The van der Waals surface area contributed by atoms with Crippen LogP contribution in [0.3, 0.4) is 0 Å². The molecular formula is C30H31N3O3. The molecule has 0 unspecified atom stereocenters. The van der Waals surface area contributed by atoms with Gasteiger partial charge in [-0.3, -0.25) is 14.6 Å². The molecule has 184 valence electrons. The number of hydrogen-bond acceptors (Lipinski definition) is 4. The number of rotatable bonds is 5. The number of carbonyl (C=O) groups excluding carboxylic acids is 2. The minimum Gasteiger partial charge on any atom is -0.497 e. The molecule has 0 aromatic heterocycles. The predicted molar refractivity (Wildman–Crippen MR) is 139 cm³/mol. The van der Waals surface area contributed by atoms with E-state index in [0.29, 0.717) is 12.8 Å². The molecule has 0 atom stereocenters. The van der Waals surface area contributed by atoms with Gasteiger partial charge in [-0.05, 0) is 64.8 Å². The van der Waals surface area contributed by atoms with Crippen LogP contribution in [-0.4, -0.2) is 59.4 Å². The lowest BCUT2D eigenvalue weighted by molar-refractivity contribution is -0.135. The molecule has 3 amide bonds. The van der Waals surface area contributed by atoms with Gasteiger partial charge in [-0.1, -0.05) is 54.6 Å². The quantitative estimate of drug-likeness (QED) is 0.388. The smallest absolute Gasteiger partial charge is 0.327 e. The molecule has 3 aromatic carbocycles. The van der Waals surface area contributed by atoms with Crippen molar-refractivity contribution >= 4 is 11.9 Å². The van der Waals surface area contributed by atoms with Crippen molar-refractivity contribution in [3.05, 3.63) is 89.0 Å². The number of urea groups is 1. The van der Waals surface area contributed by atoms with Crippen LogP contribution in [0.15, 0.2) is 66.7 Å². The Morgan fingerprint density at radius 1 is 0.833 bits per heavy atom. The lowest BCUT2D eigenvalue weighted by atomic mass is 9.86. The highest BCUT2D eigenvalue weighted by molar-refractivity contribution is 6.07. The van der Waals surface area contributed by atoms with Gasteiger partial charge in [-0.15, -0.1) is 0 Å². The minimum absolute atomic E-state index is 0.0687. The number of nitrogens with zero attached hydrogens (tertiary/aromatic N) is 3. The molecule has 6 rings (SSSR count). The third-order valence-corrected chi connectivity index (χ3v) is 8.25. The van der Waals surface area contributed by atoms with Gasteiger partial charge in [0.25, 0.3) is 5.91 Å². The Morgan fingerprint density at radius 3 is 2.28 bits per heavy atom. The number of carbonyl (C=O) groups is 2. The second-order valence-electron chi connectivity index (χ2n) is 10.2. The molecule has 6 heteroatoms. The number of ether oxygens (including phenoxy) is 1. The maximum absolute atomic E-state index is 13.6. The van der Waals surface area contributed by atoms with E-state index in [9.17, 15) is 9.59 Å². The van der Waals surface area contributed by atoms with E-state index in [1.54, 1.807) is 19.1 Å². The van der Waals surface area contributed by atoms with Crippen LogP contribution in [0.1, 0.15) is 35.1 Å². The molecule has 2 fully saturated rings. The largest absolute Gasteiger partial charge is 0.497 e. The monoisotopic (exact) mass is 481 g/mol. The minimum atomic E-state index is -0.736. The molecule has 3 aromatic rings. The maximum atomic E-state index is 13.6. The summed E-state index contributed by atoms with van der Waals surface area (Å²) in [4.78, 5) is 32.1. The fourth-order valence-electron chi connectivity index (χ4n) is 6.08. The zero-order valence-electron chi connectivity index (χ0n) is 20.9. The highest BCUT2D eigenvalue weighted by Gasteiger charge is 2.56. The van der Waals surface area contributed by atoms with Gasteiger partial charge in [-0.25, -0.2) is 4.79 Å². The van der Waals surface area contributed by atoms with Gasteiger partial charge in [0.05, 0.1) is 13.7 Å². The van der Waals surface area contributed by atoms with Crippen LogP contribution >= 0.6 is 0 Å². The fraction of sp³-hybridized carbons (Fsp3) is 0.333. The number of likely N-dealkylation sites (N-methyl/N-ethyl adjacent to an activating group) is 1. The molecule has 6 nitrogen and oxygen atoms in total. The highest BCUT2D eigenvalue weighted by atomic mass is 16.5. The molecule has 0 N–H and O–H groups in total. The van der Waals surface area contributed by atoms with E-state index in [-0.39, 0.29) is 18.5 Å². The average Bonchev–Trinajstić information content (AvgIpc) is 3.36. The Labute approximate surface area is 212 Å². The Hall–Kier alpha value is -3.64. The van der Waals surface area contributed by atoms with Gasteiger partial charge in [-0.2, -0.15) is 0 Å². The zero-order valence-corrected chi connectivity index (χ0v) is 20.9. The number of hydrogen-bond donors (Lipinski definition) is 0. The van der Waals surface area contributed by atoms with Crippen molar-refractivity contribution in [1.29, 1.82) is 0 Å². The summed E-state index contributed by atoms with van der Waals surface area (Å²) in [5, 5.41) is 0. The third kappa shape index (κ3) is 3.68. The number of fused-ring (bicyclic) bond motifs is 3. The number of piperidine rings is 1. The molecule has 0 bridgehead atoms. The van der Waals surface area contributed by atoms with Gasteiger partial charge in [0, 0.05) is 26.7 Å². The van der Waals surface area contributed by atoms with Crippen molar-refractivity contribution in [2.75, 3.05) is 27.2 Å². The van der Waals surface area contributed by atoms with Crippen molar-refractivity contribution in [2.45, 2.75) is 37.9 Å². The summed E-state index contributed by atoms with van der Waals surface area (Å²) >= 11 is 0. The first kappa shape index (κ1) is 22.8. The van der Waals surface area contributed by atoms with Gasteiger partial charge in [0.2, 0.25) is 0 Å². The van der Waals surface area contributed by atoms with Crippen LogP contribution in [-0.2, 0) is 24.3 Å². The molecule has 2 aliphatic heterocycles. The normalized spacial score (nSPS) is 18.6. The zero-order chi connectivity index (χ0) is 24.9. The molecule has 3 aliphatic rings. The van der Waals surface area contributed by atoms with Crippen LogP contribution in [0.2, 0.25) is 0 Å². The van der Waals surface area contributed by atoms with Gasteiger partial charge >= 0.3 is 6.03 Å². The van der Waals surface area contributed by atoms with Gasteiger partial charge in [0.1, 0.15) is 11.3 Å². The van der Waals surface area contributed by atoms with Crippen LogP contribution in [0.5, 0.6) is 5.75 Å². The number of amides is 3. The summed E-state index contributed by atoms with van der Waals surface area (Å²) < 4.78 is 5.22. The van der Waals surface area contributed by atoms with E-state index in [4.69, 9.17) is 4.74 Å². The molecule has 1 aliphatic carbocycles. The predicted octanol–water partition coefficient (Wildman–Crippen LogP) is 4.70. The van der Waals surface area contributed by atoms with Crippen LogP contribution in [0, 0.1) is 0 Å². The number of methoxy groups -OCH3 is 1. The summed E-state index contributed by atoms with van der Waals surface area (Å²) in [6.45, 7) is 2.73. The molecule has 1 spiro atoms. The number of imide groups is 1. The van der Waals surface area contributed by atoms with Crippen LogP contribution in [0.4, 0.5) is 4.79 Å². The molecule has 0 saturated carbocycles. The van der Waals surface area contributed by atoms with Crippen molar-refractivity contribution in [3.63, 3.8) is 0 Å². The van der Waals surface area contributed by atoms with E-state index < -0.39 is 5.54 Å². The topological polar surface area (TPSA) is 53.1 Å². The Kier molecular flexibility index (Phi) is 5.56. The Balaban J connectivity index is 1.12. The van der Waals surface area contributed by atoms with E-state index in [2.05, 4.69) is 47.4 Å². The van der Waals surface area contributed by atoms with Gasteiger partial charge in [0.15, 0.2) is 0 Å². The SMILES string of the molecule is COc1ccc(CN2C(=O)N(C)C3(CCN(Cc4ccc5c(c4)Cc4ccccc4-5)CC3)C2=O)cc1. The highest BCUT2D eigenvalue weighted by Crippen LogP contribution is 2.39. The van der Waals surface area contributed by atoms with E-state index in [0.717, 1.165) is 37.4 Å². The first-order chi connectivity index (χ1) is 17.5. The van der Waals surface area contributed by atoms with Crippen molar-refractivity contribution < 1.29 is 14.3 Å². The maximum Gasteiger partial charge on any atom is 0.327 e. The van der Waals surface area contributed by atoms with E-state index in [1.165, 1.54) is 32.7 Å². The third-order valence-electron chi connectivity index (χ3n) is 8.25. The van der Waals surface area contributed by atoms with Crippen molar-refractivity contribution in [3.8, 4) is 16.9 Å². The second-order valence-corrected chi connectivity index (χ2v) is 10.2. The molecular weight excluding hydrogens is 450 g/mol. The van der Waals surface area contributed by atoms with E-state index in [1.807, 2.05) is 24.3 Å². The Morgan fingerprint density at radius 2 is 1.53 bits per heavy atom. The first-order valence-electron chi connectivity index (χ1n) is 12.6. The molecule has 36 heavy (non-hydrogen) atoms. The molecule has 2 heterocycles. The van der Waals surface area contributed by atoms with Gasteiger partial charge < -0.3 is 9.64 Å². The number of benzene rings is 3. The fourth-order valence-corrected chi connectivity index (χ4v) is 6.08. The summed E-state index contributed by atoms with van der Waals surface area (Å²) in [6.07, 6.45) is 2.31. The Bertz CT molecular complexity index is 1330. The summed E-state index contributed by atoms with van der Waals surface area (Å²) in [6, 6.07) is 22.8. The lowest BCUT2D eigenvalue weighted by Gasteiger charge is -2.40. The average molecular weight is 482 g/mol. The summed E-state index contributed by atoms with van der Waals surface area (Å²) in [7, 11) is 3.40. The van der Waals surface area contributed by atoms with Crippen molar-refractivity contribution in [1.82, 2.24) is 14.7 Å². The van der Waals surface area contributed by atoms with Crippen LogP contribution in [0.25, 0.3) is 11.1 Å². The standard InChI is InChI=1S/C30H31N3O3/c1-31-29(35)33(20-21-7-10-25(36-2)11-8-21)28(34)30(31)13-15-32(16-14-30)19-22-9-12-27-24(17-22)18-23-5-3-4-6-26(23)27/h3-12,17H,13-16,18-20H2,1-2H3. The van der Waals surface area contributed by atoms with Crippen molar-refractivity contribution in [2.24, 2.45) is 0 Å². The summed E-state index contributed by atoms with van der Waals surface area (Å²) in [5.41, 5.74) is 6.98. The van der Waals surface area contributed by atoms with Crippen LogP contribution < -0.4 is 4.74 Å². The lowest BCUT2D eigenvalue weighted by Crippen LogP contribution is -2.55. The molecule has 2 saturated heterocycles. The number of likely N-dealkylation sites (tertiary alicyclic amines) is 1. The first-order valence-corrected chi connectivity index (χ1v) is 12.6. The van der Waals surface area contributed by atoms with E-state index >= 15 is 0 Å². The molecule has 0 radical (unpaired) electrons. The summed E-state index contributed by atoms with van der Waals surface area (Å²) in [5.74, 6) is 0.687.